The summed E-state index contributed by atoms with van der Waals surface area (Å²) in [5.74, 6) is 0. The van der Waals surface area contributed by atoms with Crippen molar-refractivity contribution in [1.29, 1.82) is 0 Å². The molecule has 4 rings (SSSR count). The van der Waals surface area contributed by atoms with Crippen LogP contribution >= 0.6 is 0 Å². The molecule has 2 N–H and O–H groups in total. The normalized spacial score (nSPS) is 17.7. The third kappa shape index (κ3) is 3.79. The van der Waals surface area contributed by atoms with Crippen molar-refractivity contribution in [3.63, 3.8) is 0 Å². The second kappa shape index (κ2) is 7.09. The summed E-state index contributed by atoms with van der Waals surface area (Å²) in [6.45, 7) is 7.04. The van der Waals surface area contributed by atoms with Crippen LogP contribution in [0.1, 0.15) is 33.6 Å². The number of aryl methyl sites for hydroxylation is 1. The molecule has 0 aliphatic carbocycles. The van der Waals surface area contributed by atoms with E-state index in [9.17, 15) is 9.59 Å². The maximum absolute atomic E-state index is 12.3. The van der Waals surface area contributed by atoms with Gasteiger partial charge < -0.3 is 19.9 Å². The van der Waals surface area contributed by atoms with Gasteiger partial charge in [0.25, 0.3) is 0 Å². The number of pyridine rings is 1. The number of imidazole rings is 1. The Morgan fingerprint density at radius 1 is 1.31 bits per heavy atom. The highest BCUT2D eigenvalue weighted by Crippen LogP contribution is 2.33. The van der Waals surface area contributed by atoms with Crippen LogP contribution in [0.4, 0.5) is 10.5 Å². The van der Waals surface area contributed by atoms with Crippen LogP contribution < -0.4 is 15.9 Å². The average molecular weight is 397 g/mol. The fraction of sp³-hybridized carbons (Fsp3) is 0.476. The minimum absolute atomic E-state index is 0.0315. The number of aromatic nitrogens is 3. The molecule has 1 fully saturated rings. The lowest BCUT2D eigenvalue weighted by Gasteiger charge is -2.35. The number of piperidine rings is 1. The first-order valence-electron chi connectivity index (χ1n) is 9.95. The van der Waals surface area contributed by atoms with Crippen molar-refractivity contribution in [2.45, 2.75) is 45.3 Å². The molecule has 1 atom stereocenters. The second-order valence-electron chi connectivity index (χ2n) is 8.60. The van der Waals surface area contributed by atoms with Crippen LogP contribution in [0.5, 0.6) is 0 Å². The predicted octanol–water partition coefficient (Wildman–Crippen LogP) is 2.91. The number of anilines is 1. The molecular weight excluding hydrogens is 370 g/mol. The van der Waals surface area contributed by atoms with Crippen molar-refractivity contribution < 1.29 is 9.53 Å². The van der Waals surface area contributed by atoms with Gasteiger partial charge in [0.1, 0.15) is 11.1 Å². The van der Waals surface area contributed by atoms with Crippen LogP contribution in [0, 0.1) is 0 Å². The Bertz CT molecular complexity index is 1120. The second-order valence-corrected chi connectivity index (χ2v) is 8.60. The van der Waals surface area contributed by atoms with Gasteiger partial charge >= 0.3 is 11.8 Å². The van der Waals surface area contributed by atoms with Gasteiger partial charge in [0.15, 0.2) is 5.65 Å². The molecule has 1 aliphatic heterocycles. The fourth-order valence-corrected chi connectivity index (χ4v) is 3.93. The summed E-state index contributed by atoms with van der Waals surface area (Å²) in [5.41, 5.74) is 2.44. The van der Waals surface area contributed by atoms with Crippen LogP contribution in [-0.4, -0.2) is 45.4 Å². The molecule has 0 spiro atoms. The summed E-state index contributed by atoms with van der Waals surface area (Å²) >= 11 is 0. The molecule has 1 aromatic carbocycles. The summed E-state index contributed by atoms with van der Waals surface area (Å²) in [4.78, 5) is 34.4. The monoisotopic (exact) mass is 397 g/mol. The first-order valence-corrected chi connectivity index (χ1v) is 9.95. The Hall–Kier alpha value is -3.03. The van der Waals surface area contributed by atoms with Gasteiger partial charge in [0, 0.05) is 31.6 Å². The number of rotatable bonds is 2. The maximum atomic E-state index is 12.3. The highest BCUT2D eigenvalue weighted by molar-refractivity contribution is 6.05. The third-order valence-corrected chi connectivity index (χ3v) is 5.16. The Morgan fingerprint density at radius 2 is 2.07 bits per heavy atom. The van der Waals surface area contributed by atoms with Gasteiger partial charge in [-0.3, -0.25) is 4.57 Å². The van der Waals surface area contributed by atoms with Gasteiger partial charge in [-0.2, -0.15) is 0 Å². The number of H-pyrrole nitrogens is 1. The van der Waals surface area contributed by atoms with E-state index in [4.69, 9.17) is 4.74 Å². The summed E-state index contributed by atoms with van der Waals surface area (Å²) in [6.07, 6.45) is 1.41. The molecule has 1 aliphatic rings. The number of fused-ring (bicyclic) bond motifs is 2. The minimum atomic E-state index is -0.532. The first kappa shape index (κ1) is 19.3. The van der Waals surface area contributed by atoms with E-state index in [-0.39, 0.29) is 11.7 Å². The molecular formula is C21H27N5O3. The van der Waals surface area contributed by atoms with Crippen molar-refractivity contribution in [3.05, 3.63) is 34.7 Å². The summed E-state index contributed by atoms with van der Waals surface area (Å²) < 4.78 is 6.94. The van der Waals surface area contributed by atoms with Crippen molar-refractivity contribution >= 4 is 33.8 Å². The number of ether oxygens (including phenoxy) is 1. The fourth-order valence-electron chi connectivity index (χ4n) is 3.93. The number of nitrogens with one attached hydrogen (secondary N) is 2. The molecule has 29 heavy (non-hydrogen) atoms. The number of carbonyl (C=O) groups is 1. The van der Waals surface area contributed by atoms with Gasteiger partial charge in [-0.1, -0.05) is 18.2 Å². The van der Waals surface area contributed by atoms with Crippen LogP contribution in [0.2, 0.25) is 0 Å². The van der Waals surface area contributed by atoms with E-state index in [1.54, 1.807) is 7.05 Å². The minimum Gasteiger partial charge on any atom is -0.444 e. The highest BCUT2D eigenvalue weighted by Gasteiger charge is 2.27. The smallest absolute Gasteiger partial charge is 0.407 e. The molecule has 0 saturated carbocycles. The number of nitrogens with zero attached hydrogens (tertiary/aromatic N) is 3. The van der Waals surface area contributed by atoms with Gasteiger partial charge in [-0.05, 0) is 39.7 Å². The summed E-state index contributed by atoms with van der Waals surface area (Å²) in [7, 11) is 1.72. The van der Waals surface area contributed by atoms with E-state index in [1.807, 2.05) is 45.0 Å². The van der Waals surface area contributed by atoms with Crippen molar-refractivity contribution in [2.75, 3.05) is 18.0 Å². The number of benzene rings is 1. The Kier molecular flexibility index (Phi) is 4.72. The van der Waals surface area contributed by atoms with Gasteiger partial charge in [-0.15, -0.1) is 0 Å². The number of hydrogen-bond acceptors (Lipinski definition) is 5. The number of amides is 1. The van der Waals surface area contributed by atoms with E-state index < -0.39 is 11.7 Å². The number of carbonyl (C=O) groups excluding carboxylic acids is 1. The average Bonchev–Trinajstić information content (AvgIpc) is 2.92. The number of para-hydroxylation sites is 1. The molecule has 1 saturated heterocycles. The lowest BCUT2D eigenvalue weighted by Crippen LogP contribution is -2.49. The quantitative estimate of drug-likeness (QED) is 0.694. The molecule has 3 heterocycles. The molecule has 1 amide bonds. The van der Waals surface area contributed by atoms with Gasteiger partial charge in [0.2, 0.25) is 0 Å². The topological polar surface area (TPSA) is 92.2 Å². The van der Waals surface area contributed by atoms with Gasteiger partial charge in [0.05, 0.1) is 11.2 Å². The Balaban J connectivity index is 1.70. The largest absolute Gasteiger partial charge is 0.444 e. The van der Waals surface area contributed by atoms with Crippen LogP contribution in [0.25, 0.3) is 22.1 Å². The van der Waals surface area contributed by atoms with Crippen molar-refractivity contribution in [2.24, 2.45) is 7.05 Å². The maximum Gasteiger partial charge on any atom is 0.407 e. The zero-order valence-electron chi connectivity index (χ0n) is 17.3. The molecule has 3 aromatic rings. The standard InChI is InChI=1S/C21H27N5O3/c1-21(2,3)29-20(28)22-13-8-7-11-26(12-13)17-14-9-5-6-10-15(14)23-18-16(17)24-19(27)25(18)4/h5-6,9-10,13H,7-8,11-12H2,1-4H3,(H,22,28)(H,24,27)/t13-/m1/s1. The molecule has 8 nitrogen and oxygen atoms in total. The van der Waals surface area contributed by atoms with Crippen LogP contribution in [0.3, 0.4) is 0 Å². The van der Waals surface area contributed by atoms with Gasteiger partial charge in [-0.25, -0.2) is 14.6 Å². The van der Waals surface area contributed by atoms with E-state index in [1.165, 1.54) is 4.57 Å². The zero-order chi connectivity index (χ0) is 20.8. The van der Waals surface area contributed by atoms with E-state index in [0.29, 0.717) is 12.2 Å². The SMILES string of the molecule is Cn1c(=O)[nH]c2c(N3CCC[C@@H](NC(=O)OC(C)(C)C)C3)c3ccccc3nc21. The number of hydrogen-bond donors (Lipinski definition) is 2. The van der Waals surface area contributed by atoms with E-state index in [0.717, 1.165) is 41.5 Å². The molecule has 2 aromatic heterocycles. The molecule has 0 radical (unpaired) electrons. The van der Waals surface area contributed by atoms with Crippen molar-refractivity contribution in [3.8, 4) is 0 Å². The first-order chi connectivity index (χ1) is 13.7. The molecule has 0 unspecified atom stereocenters. The van der Waals surface area contributed by atoms with E-state index >= 15 is 0 Å². The molecule has 8 heteroatoms. The summed E-state index contributed by atoms with van der Waals surface area (Å²) in [6, 6.07) is 7.86. The summed E-state index contributed by atoms with van der Waals surface area (Å²) in [5, 5.41) is 3.98. The highest BCUT2D eigenvalue weighted by atomic mass is 16.6. The number of alkyl carbamates (subject to hydrolysis) is 1. The van der Waals surface area contributed by atoms with E-state index in [2.05, 4.69) is 20.2 Å². The van der Waals surface area contributed by atoms with Crippen molar-refractivity contribution in [1.82, 2.24) is 19.9 Å². The number of aromatic amines is 1. The molecule has 154 valence electrons. The predicted molar refractivity (Wildman–Crippen MR) is 113 cm³/mol. The lowest BCUT2D eigenvalue weighted by molar-refractivity contribution is 0.0500. The molecule has 0 bridgehead atoms. The zero-order valence-corrected chi connectivity index (χ0v) is 17.3. The Labute approximate surface area is 168 Å². The van der Waals surface area contributed by atoms with Crippen LogP contribution in [-0.2, 0) is 11.8 Å². The van der Waals surface area contributed by atoms with Crippen LogP contribution in [0.15, 0.2) is 29.1 Å². The Morgan fingerprint density at radius 3 is 2.83 bits per heavy atom. The lowest BCUT2D eigenvalue weighted by atomic mass is 10.0. The third-order valence-electron chi connectivity index (χ3n) is 5.16.